The van der Waals surface area contributed by atoms with Crippen molar-refractivity contribution in [3.8, 4) is 11.5 Å². The van der Waals surface area contributed by atoms with Gasteiger partial charge in [-0.25, -0.2) is 12.8 Å². The molecule has 9 nitrogen and oxygen atoms in total. The van der Waals surface area contributed by atoms with Crippen LogP contribution in [0.5, 0.6) is 11.5 Å². The van der Waals surface area contributed by atoms with Crippen LogP contribution in [-0.4, -0.2) is 52.4 Å². The smallest absolute Gasteiger partial charge is 0.265 e. The van der Waals surface area contributed by atoms with Crippen molar-refractivity contribution in [2.75, 3.05) is 31.6 Å². The largest absolute Gasteiger partial charge is 0.493 e. The maximum atomic E-state index is 14.8. The zero-order valence-corrected chi connectivity index (χ0v) is 22.5. The number of methoxy groups -OCH3 is 2. The van der Waals surface area contributed by atoms with Gasteiger partial charge in [-0.2, -0.15) is 0 Å². The topological polar surface area (TPSA) is 105 Å². The summed E-state index contributed by atoms with van der Waals surface area (Å²) >= 11 is 0. The van der Waals surface area contributed by atoms with Crippen LogP contribution in [-0.2, 0) is 32.7 Å². The quantitative estimate of drug-likeness (QED) is 0.389. The fraction of sp³-hybridized carbons (Fsp3) is 0.286. The van der Waals surface area contributed by atoms with E-state index in [0.29, 0.717) is 18.7 Å². The van der Waals surface area contributed by atoms with Crippen molar-refractivity contribution in [1.82, 2.24) is 10.2 Å². The van der Waals surface area contributed by atoms with Gasteiger partial charge in [0.15, 0.2) is 11.5 Å². The van der Waals surface area contributed by atoms with Crippen molar-refractivity contribution in [1.29, 1.82) is 0 Å². The Balaban J connectivity index is 1.49. The van der Waals surface area contributed by atoms with E-state index in [-0.39, 0.29) is 28.8 Å². The fourth-order valence-corrected chi connectivity index (χ4v) is 5.74. The number of hydrogen-bond donors (Lipinski definition) is 1. The third-order valence-electron chi connectivity index (χ3n) is 6.41. The molecule has 0 bridgehead atoms. The maximum absolute atomic E-state index is 14.8. The van der Waals surface area contributed by atoms with Crippen LogP contribution < -0.4 is 19.1 Å². The van der Waals surface area contributed by atoms with Crippen molar-refractivity contribution in [3.05, 3.63) is 83.7 Å². The molecule has 3 aromatic rings. The maximum Gasteiger partial charge on any atom is 0.265 e. The van der Waals surface area contributed by atoms with Crippen molar-refractivity contribution < 1.29 is 31.9 Å². The van der Waals surface area contributed by atoms with Gasteiger partial charge in [-0.1, -0.05) is 36.4 Å². The highest BCUT2D eigenvalue weighted by molar-refractivity contribution is 7.92. The van der Waals surface area contributed by atoms with Crippen LogP contribution in [0.2, 0.25) is 0 Å². The highest BCUT2D eigenvalue weighted by Gasteiger charge is 2.30. The van der Waals surface area contributed by atoms with Crippen LogP contribution >= 0.6 is 0 Å². The molecule has 0 aliphatic carbocycles. The lowest BCUT2D eigenvalue weighted by atomic mass is 10.1. The van der Waals surface area contributed by atoms with E-state index in [1.807, 2.05) is 29.2 Å². The van der Waals surface area contributed by atoms with Crippen molar-refractivity contribution in [2.24, 2.45) is 0 Å². The molecule has 0 radical (unpaired) electrons. The summed E-state index contributed by atoms with van der Waals surface area (Å²) in [6.07, 6.45) is 1.45. The molecule has 0 saturated carbocycles. The van der Waals surface area contributed by atoms with E-state index in [0.717, 1.165) is 34.5 Å². The van der Waals surface area contributed by atoms with Gasteiger partial charge in [-0.15, -0.1) is 0 Å². The van der Waals surface area contributed by atoms with E-state index in [2.05, 4.69) is 5.32 Å². The molecule has 0 spiro atoms. The predicted molar refractivity (Wildman–Crippen MR) is 143 cm³/mol. The molecule has 0 aromatic heterocycles. The van der Waals surface area contributed by atoms with Crippen LogP contribution in [0.15, 0.2) is 71.6 Å². The summed E-state index contributed by atoms with van der Waals surface area (Å²) < 4.78 is 53.1. The van der Waals surface area contributed by atoms with Gasteiger partial charge in [-0.05, 0) is 41.8 Å². The Morgan fingerprint density at radius 2 is 1.69 bits per heavy atom. The van der Waals surface area contributed by atoms with Crippen molar-refractivity contribution >= 4 is 27.5 Å². The number of rotatable bonds is 11. The second-order valence-electron chi connectivity index (χ2n) is 8.99. The van der Waals surface area contributed by atoms with Gasteiger partial charge in [-0.3, -0.25) is 13.9 Å². The predicted octanol–water partition coefficient (Wildman–Crippen LogP) is 3.48. The molecule has 1 N–H and O–H groups in total. The molecule has 0 atom stereocenters. The second kappa shape index (κ2) is 12.2. The zero-order chi connectivity index (χ0) is 28.0. The average Bonchev–Trinajstić information content (AvgIpc) is 3.35. The molecule has 4 rings (SSSR count). The number of carbonyl (C=O) groups excluding carboxylic acids is 2. The summed E-state index contributed by atoms with van der Waals surface area (Å²) in [6, 6.07) is 16.8. The van der Waals surface area contributed by atoms with E-state index in [9.17, 15) is 22.4 Å². The van der Waals surface area contributed by atoms with E-state index < -0.39 is 28.3 Å². The first kappa shape index (κ1) is 27.9. The van der Waals surface area contributed by atoms with E-state index in [1.165, 1.54) is 50.6 Å². The molecule has 39 heavy (non-hydrogen) atoms. The van der Waals surface area contributed by atoms with Gasteiger partial charge < -0.3 is 19.7 Å². The molecule has 0 unspecified atom stereocenters. The number of likely N-dealkylation sites (tertiary alicyclic amines) is 1. The molecule has 1 heterocycles. The molecule has 2 amide bonds. The minimum atomic E-state index is -4.37. The summed E-state index contributed by atoms with van der Waals surface area (Å²) in [5.74, 6) is -0.761. The number of nitrogens with one attached hydrogen (secondary N) is 1. The molecule has 1 aliphatic heterocycles. The van der Waals surface area contributed by atoms with Crippen LogP contribution in [0.4, 0.5) is 10.1 Å². The third-order valence-corrected chi connectivity index (χ3v) is 8.16. The Labute approximate surface area is 227 Å². The van der Waals surface area contributed by atoms with E-state index in [1.54, 1.807) is 0 Å². The number of hydrogen-bond acceptors (Lipinski definition) is 6. The van der Waals surface area contributed by atoms with Gasteiger partial charge in [0.25, 0.3) is 10.0 Å². The number of amides is 2. The summed E-state index contributed by atoms with van der Waals surface area (Å²) in [5.41, 5.74) is 1.51. The molecule has 1 aliphatic rings. The summed E-state index contributed by atoms with van der Waals surface area (Å²) in [7, 11) is -1.58. The lowest BCUT2D eigenvalue weighted by Gasteiger charge is -2.25. The van der Waals surface area contributed by atoms with Crippen LogP contribution in [0.1, 0.15) is 24.0 Å². The van der Waals surface area contributed by atoms with Crippen molar-refractivity contribution in [2.45, 2.75) is 30.8 Å². The minimum Gasteiger partial charge on any atom is -0.493 e. The molecule has 3 aromatic carbocycles. The van der Waals surface area contributed by atoms with Crippen LogP contribution in [0.25, 0.3) is 0 Å². The summed E-state index contributed by atoms with van der Waals surface area (Å²) in [4.78, 5) is 26.4. The Hall–Kier alpha value is -4.12. The number of anilines is 1. The average molecular weight is 556 g/mol. The van der Waals surface area contributed by atoms with Gasteiger partial charge >= 0.3 is 0 Å². The molecular formula is C28H30FN3O6S. The molecule has 1 saturated heterocycles. The number of ether oxygens (including phenoxy) is 2. The van der Waals surface area contributed by atoms with Gasteiger partial charge in [0.2, 0.25) is 11.8 Å². The van der Waals surface area contributed by atoms with E-state index >= 15 is 0 Å². The normalized spacial score (nSPS) is 13.3. The molecule has 206 valence electrons. The number of para-hydroxylation sites is 1. The molecular weight excluding hydrogens is 525 g/mol. The number of sulfonamides is 1. The SMILES string of the molecule is COc1ccc(S(=O)(=O)N(CC(=O)NCc2ccc(CN3CCCC3=O)cc2)c2ccccc2F)cc1OC. The minimum absolute atomic E-state index is 0.142. The first-order chi connectivity index (χ1) is 18.7. The lowest BCUT2D eigenvalue weighted by Crippen LogP contribution is -2.41. The van der Waals surface area contributed by atoms with Crippen LogP contribution in [0, 0.1) is 5.82 Å². The van der Waals surface area contributed by atoms with Gasteiger partial charge in [0.1, 0.15) is 12.4 Å². The van der Waals surface area contributed by atoms with Gasteiger partial charge in [0.05, 0.1) is 24.8 Å². The standard InChI is InChI=1S/C28H30FN3O6S/c1-37-25-14-13-22(16-26(25)38-2)39(35,36)32(24-7-4-3-6-23(24)29)19-27(33)30-17-20-9-11-21(12-10-20)18-31-15-5-8-28(31)34/h3-4,6-7,9-14,16H,5,8,15,17-19H2,1-2H3,(H,30,33). The fourth-order valence-electron chi connectivity index (χ4n) is 4.30. The first-order valence-corrected chi connectivity index (χ1v) is 13.8. The highest BCUT2D eigenvalue weighted by Crippen LogP contribution is 2.32. The molecule has 1 fully saturated rings. The number of nitrogens with zero attached hydrogens (tertiary/aromatic N) is 2. The summed E-state index contributed by atoms with van der Waals surface area (Å²) in [6.45, 7) is 0.786. The Morgan fingerprint density at radius 1 is 1.00 bits per heavy atom. The second-order valence-corrected chi connectivity index (χ2v) is 10.9. The van der Waals surface area contributed by atoms with E-state index in [4.69, 9.17) is 9.47 Å². The number of benzene rings is 3. The number of carbonyl (C=O) groups is 2. The Bertz CT molecular complexity index is 1450. The summed E-state index contributed by atoms with van der Waals surface area (Å²) in [5, 5.41) is 2.71. The van der Waals surface area contributed by atoms with Crippen LogP contribution in [0.3, 0.4) is 0 Å². The molecule has 11 heteroatoms. The third kappa shape index (κ3) is 6.48. The first-order valence-electron chi connectivity index (χ1n) is 12.3. The lowest BCUT2D eigenvalue weighted by molar-refractivity contribution is -0.128. The Morgan fingerprint density at radius 3 is 2.33 bits per heavy atom. The number of halogens is 1. The highest BCUT2D eigenvalue weighted by atomic mass is 32.2. The van der Waals surface area contributed by atoms with Crippen molar-refractivity contribution in [3.63, 3.8) is 0 Å². The zero-order valence-electron chi connectivity index (χ0n) is 21.7. The van der Waals surface area contributed by atoms with Gasteiger partial charge in [0, 0.05) is 32.1 Å². The Kier molecular flexibility index (Phi) is 8.70. The monoisotopic (exact) mass is 555 g/mol.